The van der Waals surface area contributed by atoms with E-state index in [1.165, 1.54) is 0 Å². The summed E-state index contributed by atoms with van der Waals surface area (Å²) >= 11 is 11.7. The fourth-order valence-electron chi connectivity index (χ4n) is 1.25. The Hall–Kier alpha value is -1.25. The summed E-state index contributed by atoms with van der Waals surface area (Å²) in [5.41, 5.74) is 1.69. The molecule has 0 atom stereocenters. The van der Waals surface area contributed by atoms with Gasteiger partial charge in [-0.25, -0.2) is 4.98 Å². The van der Waals surface area contributed by atoms with Crippen LogP contribution in [0.25, 0.3) is 5.57 Å². The van der Waals surface area contributed by atoms with Crippen molar-refractivity contribution in [3.8, 4) is 0 Å². The molecule has 0 fully saturated rings. The molecule has 0 aliphatic heterocycles. The van der Waals surface area contributed by atoms with E-state index in [4.69, 9.17) is 23.2 Å². The van der Waals surface area contributed by atoms with Gasteiger partial charge >= 0.3 is 0 Å². The van der Waals surface area contributed by atoms with Crippen molar-refractivity contribution in [1.82, 2.24) is 9.97 Å². The van der Waals surface area contributed by atoms with E-state index in [9.17, 15) is 0 Å². The summed E-state index contributed by atoms with van der Waals surface area (Å²) in [7, 11) is 0. The van der Waals surface area contributed by atoms with E-state index >= 15 is 0 Å². The minimum atomic E-state index is 0.516. The molecule has 2 aromatic rings. The predicted octanol–water partition coefficient (Wildman–Crippen LogP) is 3.78. The van der Waals surface area contributed by atoms with Crippen molar-refractivity contribution >= 4 is 28.8 Å². The molecular formula is C11H8Cl2N2. The Balaban J connectivity index is 2.39. The molecule has 0 saturated carbocycles. The van der Waals surface area contributed by atoms with E-state index in [0.29, 0.717) is 10.0 Å². The first-order valence-electron chi connectivity index (χ1n) is 4.32. The van der Waals surface area contributed by atoms with Gasteiger partial charge in [-0.3, -0.25) is 0 Å². The lowest BCUT2D eigenvalue weighted by Crippen LogP contribution is -1.88. The topological polar surface area (TPSA) is 28.7 Å². The van der Waals surface area contributed by atoms with Crippen LogP contribution in [0.5, 0.6) is 0 Å². The van der Waals surface area contributed by atoms with Crippen LogP contribution in [0.15, 0.2) is 37.2 Å². The van der Waals surface area contributed by atoms with Crippen LogP contribution in [0.3, 0.4) is 0 Å². The van der Waals surface area contributed by atoms with Crippen molar-refractivity contribution in [3.05, 3.63) is 58.6 Å². The molecule has 15 heavy (non-hydrogen) atoms. The monoisotopic (exact) mass is 238 g/mol. The lowest BCUT2D eigenvalue weighted by atomic mass is 10.1. The van der Waals surface area contributed by atoms with Crippen molar-refractivity contribution in [2.24, 2.45) is 0 Å². The number of nitrogens with zero attached hydrogens (tertiary/aromatic N) is 1. The number of aromatic nitrogens is 2. The van der Waals surface area contributed by atoms with Gasteiger partial charge in [0.15, 0.2) is 0 Å². The number of H-pyrrole nitrogens is 1. The second kappa shape index (κ2) is 4.09. The molecule has 2 nitrogen and oxygen atoms in total. The van der Waals surface area contributed by atoms with Crippen LogP contribution in [-0.4, -0.2) is 9.97 Å². The van der Waals surface area contributed by atoms with E-state index < -0.39 is 0 Å². The van der Waals surface area contributed by atoms with Crippen molar-refractivity contribution in [1.29, 1.82) is 0 Å². The Morgan fingerprint density at radius 1 is 1.27 bits per heavy atom. The van der Waals surface area contributed by atoms with Crippen LogP contribution in [0, 0.1) is 0 Å². The maximum absolute atomic E-state index is 5.92. The number of aromatic amines is 1. The van der Waals surface area contributed by atoms with E-state index in [2.05, 4.69) is 16.5 Å². The summed E-state index contributed by atoms with van der Waals surface area (Å²) < 4.78 is 0. The summed E-state index contributed by atoms with van der Waals surface area (Å²) in [6.45, 7) is 3.94. The zero-order valence-electron chi connectivity index (χ0n) is 7.80. The fourth-order valence-corrected chi connectivity index (χ4v) is 1.55. The molecule has 0 aliphatic carbocycles. The molecular weight excluding hydrogens is 231 g/mol. The first-order chi connectivity index (χ1) is 7.18. The van der Waals surface area contributed by atoms with Crippen LogP contribution in [0.4, 0.5) is 0 Å². The van der Waals surface area contributed by atoms with Crippen molar-refractivity contribution in [2.45, 2.75) is 0 Å². The summed E-state index contributed by atoms with van der Waals surface area (Å²) in [4.78, 5) is 7.10. The molecule has 0 spiro atoms. The normalized spacial score (nSPS) is 10.3. The molecule has 4 heteroatoms. The molecule has 0 radical (unpaired) electrons. The highest BCUT2D eigenvalue weighted by Gasteiger charge is 2.06. The zero-order chi connectivity index (χ0) is 10.8. The summed E-state index contributed by atoms with van der Waals surface area (Å²) in [6.07, 6.45) is 3.43. The quantitative estimate of drug-likeness (QED) is 0.848. The first kappa shape index (κ1) is 10.3. The number of halogens is 2. The Labute approximate surface area is 97.6 Å². The Morgan fingerprint density at radius 2 is 2.07 bits per heavy atom. The maximum atomic E-state index is 5.92. The highest BCUT2D eigenvalue weighted by atomic mass is 35.5. The summed E-state index contributed by atoms with van der Waals surface area (Å²) in [5, 5.41) is 1.05. The van der Waals surface area contributed by atoms with Gasteiger partial charge < -0.3 is 4.98 Å². The fraction of sp³-hybridized carbons (Fsp3) is 0. The van der Waals surface area contributed by atoms with E-state index in [1.807, 2.05) is 6.07 Å². The minimum Gasteiger partial charge on any atom is -0.345 e. The molecule has 0 unspecified atom stereocenters. The van der Waals surface area contributed by atoms with Crippen LogP contribution >= 0.6 is 23.2 Å². The van der Waals surface area contributed by atoms with Gasteiger partial charge in [0.05, 0.1) is 10.0 Å². The molecule has 0 amide bonds. The third kappa shape index (κ3) is 2.06. The molecule has 2 rings (SSSR count). The maximum Gasteiger partial charge on any atom is 0.137 e. The minimum absolute atomic E-state index is 0.516. The largest absolute Gasteiger partial charge is 0.345 e. The molecule has 0 saturated heterocycles. The lowest BCUT2D eigenvalue weighted by Gasteiger charge is -2.04. The predicted molar refractivity (Wildman–Crippen MR) is 63.2 cm³/mol. The van der Waals surface area contributed by atoms with Crippen LogP contribution in [0.1, 0.15) is 11.4 Å². The molecule has 1 heterocycles. The van der Waals surface area contributed by atoms with Gasteiger partial charge in [0.1, 0.15) is 5.82 Å². The number of rotatable bonds is 2. The molecule has 76 valence electrons. The molecule has 0 bridgehead atoms. The van der Waals surface area contributed by atoms with Crippen molar-refractivity contribution < 1.29 is 0 Å². The van der Waals surface area contributed by atoms with E-state index in [1.54, 1.807) is 24.5 Å². The third-order valence-corrected chi connectivity index (χ3v) is 2.79. The highest BCUT2D eigenvalue weighted by molar-refractivity contribution is 6.42. The van der Waals surface area contributed by atoms with Gasteiger partial charge in [-0.1, -0.05) is 35.8 Å². The van der Waals surface area contributed by atoms with Gasteiger partial charge in [-0.2, -0.15) is 0 Å². The Kier molecular flexibility index (Phi) is 2.80. The number of imidazole rings is 1. The SMILES string of the molecule is C=C(c1ccc(Cl)c(Cl)c1)c1ncc[nH]1. The number of hydrogen-bond donors (Lipinski definition) is 1. The molecule has 1 aromatic heterocycles. The second-order valence-electron chi connectivity index (χ2n) is 3.05. The standard InChI is InChI=1S/C11H8Cl2N2/c1-7(11-14-4-5-15-11)8-2-3-9(12)10(13)6-8/h2-6H,1H2,(H,14,15). The average molecular weight is 239 g/mol. The zero-order valence-corrected chi connectivity index (χ0v) is 9.31. The van der Waals surface area contributed by atoms with E-state index in [-0.39, 0.29) is 0 Å². The van der Waals surface area contributed by atoms with Gasteiger partial charge in [-0.05, 0) is 17.7 Å². The highest BCUT2D eigenvalue weighted by Crippen LogP contribution is 2.27. The molecule has 1 aromatic carbocycles. The molecule has 1 N–H and O–H groups in total. The van der Waals surface area contributed by atoms with Crippen molar-refractivity contribution in [3.63, 3.8) is 0 Å². The average Bonchev–Trinajstić information content (AvgIpc) is 2.74. The molecule has 0 aliphatic rings. The van der Waals surface area contributed by atoms with Crippen LogP contribution in [0.2, 0.25) is 10.0 Å². The van der Waals surface area contributed by atoms with E-state index in [0.717, 1.165) is 17.0 Å². The van der Waals surface area contributed by atoms with Gasteiger partial charge in [0, 0.05) is 18.0 Å². The summed E-state index contributed by atoms with van der Waals surface area (Å²) in [6, 6.07) is 5.38. The number of benzene rings is 1. The smallest absolute Gasteiger partial charge is 0.137 e. The Morgan fingerprint density at radius 3 is 2.67 bits per heavy atom. The second-order valence-corrected chi connectivity index (χ2v) is 3.86. The van der Waals surface area contributed by atoms with Gasteiger partial charge in [0.2, 0.25) is 0 Å². The van der Waals surface area contributed by atoms with Crippen molar-refractivity contribution in [2.75, 3.05) is 0 Å². The number of nitrogens with one attached hydrogen (secondary N) is 1. The van der Waals surface area contributed by atoms with Gasteiger partial charge in [0.25, 0.3) is 0 Å². The van der Waals surface area contributed by atoms with Crippen LogP contribution in [-0.2, 0) is 0 Å². The van der Waals surface area contributed by atoms with Crippen LogP contribution < -0.4 is 0 Å². The Bertz CT molecular complexity index is 489. The lowest BCUT2D eigenvalue weighted by molar-refractivity contribution is 1.24. The van der Waals surface area contributed by atoms with Gasteiger partial charge in [-0.15, -0.1) is 0 Å². The summed E-state index contributed by atoms with van der Waals surface area (Å²) in [5.74, 6) is 0.730. The first-order valence-corrected chi connectivity index (χ1v) is 5.08. The third-order valence-electron chi connectivity index (χ3n) is 2.05. The number of hydrogen-bond acceptors (Lipinski definition) is 1.